The van der Waals surface area contributed by atoms with Crippen LogP contribution in [0.2, 0.25) is 0 Å². The molecule has 3 rings (SSSR count). The van der Waals surface area contributed by atoms with Gasteiger partial charge in [0.2, 0.25) is 5.91 Å². The van der Waals surface area contributed by atoms with E-state index < -0.39 is 0 Å². The van der Waals surface area contributed by atoms with E-state index in [9.17, 15) is 4.79 Å². The van der Waals surface area contributed by atoms with Gasteiger partial charge < -0.3 is 15.0 Å². The lowest BCUT2D eigenvalue weighted by molar-refractivity contribution is -0.119. The predicted octanol–water partition coefficient (Wildman–Crippen LogP) is 4.09. The molecule has 2 aromatic rings. The summed E-state index contributed by atoms with van der Waals surface area (Å²) in [5, 5.41) is 3.50. The van der Waals surface area contributed by atoms with Crippen molar-refractivity contribution in [2.75, 3.05) is 18.0 Å². The third-order valence-corrected chi connectivity index (χ3v) is 5.28. The highest BCUT2D eigenvalue weighted by atomic mass is 32.2. The fourth-order valence-electron chi connectivity index (χ4n) is 3.02. The number of nitrogens with one attached hydrogen (secondary N) is 1. The highest BCUT2D eigenvalue weighted by molar-refractivity contribution is 8.00. The van der Waals surface area contributed by atoms with Crippen LogP contribution in [0.5, 0.6) is 5.75 Å². The lowest BCUT2D eigenvalue weighted by atomic mass is 10.2. The molecule has 0 saturated carbocycles. The summed E-state index contributed by atoms with van der Waals surface area (Å²) in [7, 11) is 0. The minimum atomic E-state index is 0.0430. The first-order valence-electron chi connectivity index (χ1n) is 9.04. The maximum Gasteiger partial charge on any atom is 0.239 e. The van der Waals surface area contributed by atoms with Crippen molar-refractivity contribution in [3.05, 3.63) is 54.1 Å². The zero-order chi connectivity index (χ0) is 18.5. The van der Waals surface area contributed by atoms with Crippen molar-refractivity contribution in [2.24, 2.45) is 0 Å². The van der Waals surface area contributed by atoms with Crippen molar-refractivity contribution in [3.8, 4) is 5.75 Å². The summed E-state index contributed by atoms with van der Waals surface area (Å²) in [5.74, 6) is 0.896. The molecule has 0 spiro atoms. The monoisotopic (exact) mass is 370 g/mol. The number of para-hydroxylation sites is 1. The summed E-state index contributed by atoms with van der Waals surface area (Å²) in [5.41, 5.74) is 2.22. The molecule has 0 saturated heterocycles. The summed E-state index contributed by atoms with van der Waals surface area (Å²) < 4.78 is 5.64. The van der Waals surface area contributed by atoms with Crippen LogP contribution in [0.15, 0.2) is 53.4 Å². The Kier molecular flexibility index (Phi) is 6.09. The number of hydrogen-bond acceptors (Lipinski definition) is 4. The number of nitrogens with zero attached hydrogens (tertiary/aromatic N) is 1. The van der Waals surface area contributed by atoms with Crippen LogP contribution in [0.1, 0.15) is 26.3 Å². The molecule has 1 amide bonds. The van der Waals surface area contributed by atoms with E-state index in [-0.39, 0.29) is 12.0 Å². The van der Waals surface area contributed by atoms with Gasteiger partial charge in [0, 0.05) is 23.2 Å². The standard InChI is InChI=1S/C21H26N2O2S/c1-15(2)25-18-10-8-17(9-11-18)12-22-21(24)14-23-13-16(3)26-20-7-5-4-6-19(20)23/h4-11,15-16H,12-14H2,1-3H3,(H,22,24)/t16-/m0/s1. The normalized spacial score (nSPS) is 16.3. The SMILES string of the molecule is CC(C)Oc1ccc(CNC(=O)CN2C[C@H](C)Sc3ccccc32)cc1. The predicted molar refractivity (Wildman–Crippen MR) is 108 cm³/mol. The number of ether oxygens (including phenoxy) is 1. The van der Waals surface area contributed by atoms with Gasteiger partial charge in [0.05, 0.1) is 18.3 Å². The number of benzene rings is 2. The van der Waals surface area contributed by atoms with Gasteiger partial charge in [-0.2, -0.15) is 0 Å². The average molecular weight is 371 g/mol. The van der Waals surface area contributed by atoms with E-state index in [4.69, 9.17) is 4.74 Å². The van der Waals surface area contributed by atoms with Crippen molar-refractivity contribution in [1.82, 2.24) is 5.32 Å². The molecular weight excluding hydrogens is 344 g/mol. The number of hydrogen-bond donors (Lipinski definition) is 1. The van der Waals surface area contributed by atoms with Gasteiger partial charge in [-0.25, -0.2) is 0 Å². The second kappa shape index (κ2) is 8.49. The van der Waals surface area contributed by atoms with Crippen molar-refractivity contribution in [1.29, 1.82) is 0 Å². The van der Waals surface area contributed by atoms with Crippen molar-refractivity contribution in [2.45, 2.75) is 43.6 Å². The highest BCUT2D eigenvalue weighted by Crippen LogP contribution is 2.37. The van der Waals surface area contributed by atoms with Crippen LogP contribution in [-0.4, -0.2) is 30.4 Å². The van der Waals surface area contributed by atoms with E-state index in [1.54, 1.807) is 0 Å². The Balaban J connectivity index is 1.55. The van der Waals surface area contributed by atoms with Crippen LogP contribution in [0.4, 0.5) is 5.69 Å². The zero-order valence-corrected chi connectivity index (χ0v) is 16.4. The molecule has 4 nitrogen and oxygen atoms in total. The third-order valence-electron chi connectivity index (χ3n) is 4.13. The Hall–Kier alpha value is -2.14. The van der Waals surface area contributed by atoms with E-state index in [2.05, 4.69) is 35.3 Å². The third kappa shape index (κ3) is 4.94. The van der Waals surface area contributed by atoms with Crippen molar-refractivity contribution < 1.29 is 9.53 Å². The smallest absolute Gasteiger partial charge is 0.239 e. The Labute approximate surface area is 159 Å². The number of carbonyl (C=O) groups excluding carboxylic acids is 1. The Bertz CT molecular complexity index is 746. The van der Waals surface area contributed by atoms with Crippen LogP contribution >= 0.6 is 11.8 Å². The fraction of sp³-hybridized carbons (Fsp3) is 0.381. The molecule has 0 aromatic heterocycles. The quantitative estimate of drug-likeness (QED) is 0.832. The number of carbonyl (C=O) groups is 1. The Morgan fingerprint density at radius 2 is 1.96 bits per heavy atom. The molecule has 0 fully saturated rings. The van der Waals surface area contributed by atoms with Gasteiger partial charge in [0.25, 0.3) is 0 Å². The summed E-state index contributed by atoms with van der Waals surface area (Å²) in [6.07, 6.45) is 0.161. The van der Waals surface area contributed by atoms with Gasteiger partial charge in [0.1, 0.15) is 5.75 Å². The second-order valence-corrected chi connectivity index (χ2v) is 8.34. The molecule has 1 heterocycles. The maximum atomic E-state index is 12.4. The fourth-order valence-corrected chi connectivity index (χ4v) is 4.18. The van der Waals surface area contributed by atoms with Crippen LogP contribution in [0, 0.1) is 0 Å². The van der Waals surface area contributed by atoms with Gasteiger partial charge in [-0.05, 0) is 43.7 Å². The lowest BCUT2D eigenvalue weighted by Crippen LogP contribution is -2.41. The number of amides is 1. The minimum absolute atomic E-state index is 0.0430. The minimum Gasteiger partial charge on any atom is -0.491 e. The molecule has 0 bridgehead atoms. The molecular formula is C21H26N2O2S. The number of thioether (sulfide) groups is 1. The van der Waals surface area contributed by atoms with Gasteiger partial charge >= 0.3 is 0 Å². The summed E-state index contributed by atoms with van der Waals surface area (Å²) >= 11 is 1.87. The number of anilines is 1. The second-order valence-electron chi connectivity index (χ2n) is 6.86. The molecule has 0 unspecified atom stereocenters. The van der Waals surface area contributed by atoms with E-state index in [0.29, 0.717) is 18.3 Å². The zero-order valence-electron chi connectivity index (χ0n) is 15.6. The summed E-state index contributed by atoms with van der Waals surface area (Å²) in [6.45, 7) is 8.01. The van der Waals surface area contributed by atoms with Gasteiger partial charge in [-0.1, -0.05) is 31.2 Å². The average Bonchev–Trinajstić information content (AvgIpc) is 2.60. The van der Waals surface area contributed by atoms with Crippen LogP contribution < -0.4 is 15.0 Å². The molecule has 2 aromatic carbocycles. The number of rotatable bonds is 6. The van der Waals surface area contributed by atoms with E-state index in [1.165, 1.54) is 4.90 Å². The molecule has 1 N–H and O–H groups in total. The molecule has 26 heavy (non-hydrogen) atoms. The Morgan fingerprint density at radius 3 is 2.69 bits per heavy atom. The molecule has 0 aliphatic carbocycles. The number of fused-ring (bicyclic) bond motifs is 1. The summed E-state index contributed by atoms with van der Waals surface area (Å²) in [6, 6.07) is 16.2. The largest absolute Gasteiger partial charge is 0.491 e. The topological polar surface area (TPSA) is 41.6 Å². The first kappa shape index (κ1) is 18.6. The highest BCUT2D eigenvalue weighted by Gasteiger charge is 2.23. The molecule has 0 radical (unpaired) electrons. The molecule has 1 aliphatic rings. The maximum absolute atomic E-state index is 12.4. The van der Waals surface area contributed by atoms with Crippen LogP contribution in [0.3, 0.4) is 0 Å². The van der Waals surface area contributed by atoms with Crippen LogP contribution in [0.25, 0.3) is 0 Å². The van der Waals surface area contributed by atoms with E-state index >= 15 is 0 Å². The first-order valence-corrected chi connectivity index (χ1v) is 9.92. The van der Waals surface area contributed by atoms with E-state index in [1.807, 2.05) is 55.9 Å². The first-order chi connectivity index (χ1) is 12.5. The lowest BCUT2D eigenvalue weighted by Gasteiger charge is -2.33. The van der Waals surface area contributed by atoms with Gasteiger partial charge in [-0.3, -0.25) is 4.79 Å². The van der Waals surface area contributed by atoms with Crippen molar-refractivity contribution >= 4 is 23.4 Å². The van der Waals surface area contributed by atoms with E-state index in [0.717, 1.165) is 23.5 Å². The molecule has 1 atom stereocenters. The van der Waals surface area contributed by atoms with Gasteiger partial charge in [0.15, 0.2) is 0 Å². The Morgan fingerprint density at radius 1 is 1.23 bits per heavy atom. The molecule has 5 heteroatoms. The van der Waals surface area contributed by atoms with Gasteiger partial charge in [-0.15, -0.1) is 11.8 Å². The molecule has 138 valence electrons. The van der Waals surface area contributed by atoms with Crippen molar-refractivity contribution in [3.63, 3.8) is 0 Å². The molecule has 1 aliphatic heterocycles. The summed E-state index contributed by atoms with van der Waals surface area (Å²) in [4.78, 5) is 15.9. The van der Waals surface area contributed by atoms with Crippen LogP contribution in [-0.2, 0) is 11.3 Å².